The highest BCUT2D eigenvalue weighted by Crippen LogP contribution is 2.66. The molecule has 13 rings (SSSR count). The van der Waals surface area contributed by atoms with Crippen LogP contribution in [0.3, 0.4) is 0 Å². The fourth-order valence-corrected chi connectivity index (χ4v) is 14.8. The maximum absolute atomic E-state index is 2.92. The van der Waals surface area contributed by atoms with E-state index in [1.54, 1.807) is 5.56 Å². The minimum absolute atomic E-state index is 0.0158. The summed E-state index contributed by atoms with van der Waals surface area (Å²) in [5.74, 6) is 0. The van der Waals surface area contributed by atoms with Crippen molar-refractivity contribution in [2.75, 3.05) is 14.7 Å². The summed E-state index contributed by atoms with van der Waals surface area (Å²) in [4.78, 5) is 8.46. The van der Waals surface area contributed by atoms with Crippen LogP contribution < -0.4 is 31.1 Å². The monoisotopic (exact) mass is 888 g/mol. The number of nitrogens with zero attached hydrogens (tertiary/aromatic N) is 3. The SMILES string of the molecule is CC(C)(C)c1ccc(N2c3cc(C(C)(C)C)ccc3B3c4cccc5c4N(c4cc(N6c7ccccc7C7(C)CCc8ccccc8C67C)cc2c43)C2(C)CCCCC52C)c(-c2ccccc2)c1. The molecular formula is C64H66BN3. The Kier molecular flexibility index (Phi) is 8.57. The second-order valence-corrected chi connectivity index (χ2v) is 24.3. The molecule has 4 heterocycles. The fourth-order valence-electron chi connectivity index (χ4n) is 14.8. The predicted octanol–water partition coefficient (Wildman–Crippen LogP) is 14.6. The normalized spacial score (nSPS) is 25.0. The second-order valence-electron chi connectivity index (χ2n) is 24.3. The molecule has 3 nitrogen and oxygen atoms in total. The van der Waals surface area contributed by atoms with Crippen LogP contribution in [0.5, 0.6) is 0 Å². The summed E-state index contributed by atoms with van der Waals surface area (Å²) in [5.41, 5.74) is 24.1. The molecule has 4 atom stereocenters. The first-order chi connectivity index (χ1) is 32.5. The molecule has 6 aliphatic rings. The first-order valence-electron chi connectivity index (χ1n) is 25.7. The molecule has 0 saturated heterocycles. The van der Waals surface area contributed by atoms with Crippen LogP contribution in [0.2, 0.25) is 0 Å². The molecular weight excluding hydrogens is 822 g/mol. The Labute approximate surface area is 406 Å². The van der Waals surface area contributed by atoms with Gasteiger partial charge in [0.15, 0.2) is 0 Å². The summed E-state index contributed by atoms with van der Waals surface area (Å²) in [6.07, 6.45) is 7.06. The van der Waals surface area contributed by atoms with E-state index in [2.05, 4.69) is 230 Å². The Morgan fingerprint density at radius 1 is 0.485 bits per heavy atom. The van der Waals surface area contributed by atoms with Crippen LogP contribution >= 0.6 is 0 Å². The van der Waals surface area contributed by atoms with Crippen molar-refractivity contribution in [2.45, 2.75) is 141 Å². The number of hydrogen-bond donors (Lipinski definition) is 0. The Balaban J connectivity index is 1.19. The van der Waals surface area contributed by atoms with Crippen molar-refractivity contribution in [3.8, 4) is 11.1 Å². The van der Waals surface area contributed by atoms with Gasteiger partial charge in [-0.2, -0.15) is 0 Å². The molecule has 0 N–H and O–H groups in total. The minimum Gasteiger partial charge on any atom is -0.335 e. The standard InChI is InChI=1S/C64H66BN3/c1-59(2,3)43-30-32-52(46(37-43)41-21-12-11-13-22-41)66-54-38-44(60(4,5)6)29-31-50(54)65-51-27-20-26-49-58(51)68(63(9)35-19-18-34-61(49,63)7)56-40-45(39-55(66)57(56)65)67-53-28-17-16-25-48(53)62(8)36-33-42-23-14-15-24-47(42)64(62,67)10/h11-17,20-32,37-40H,18-19,33-36H2,1-10H3. The third-order valence-electron chi connectivity index (χ3n) is 19.0. The Morgan fingerprint density at radius 3 is 1.93 bits per heavy atom. The van der Waals surface area contributed by atoms with Crippen molar-refractivity contribution in [1.29, 1.82) is 0 Å². The Bertz CT molecular complexity index is 3260. The summed E-state index contributed by atoms with van der Waals surface area (Å²) in [6.45, 7) is 24.6. The van der Waals surface area contributed by atoms with Gasteiger partial charge < -0.3 is 14.7 Å². The van der Waals surface area contributed by atoms with Gasteiger partial charge in [-0.05, 0) is 142 Å². The third kappa shape index (κ3) is 5.28. The summed E-state index contributed by atoms with van der Waals surface area (Å²) < 4.78 is 0. The van der Waals surface area contributed by atoms with Gasteiger partial charge in [0, 0.05) is 50.5 Å². The first-order valence-corrected chi connectivity index (χ1v) is 25.7. The molecule has 0 spiro atoms. The molecule has 68 heavy (non-hydrogen) atoms. The van der Waals surface area contributed by atoms with Crippen LogP contribution in [0.4, 0.5) is 39.8 Å². The van der Waals surface area contributed by atoms with Crippen molar-refractivity contribution in [3.63, 3.8) is 0 Å². The van der Waals surface area contributed by atoms with E-state index in [-0.39, 0.29) is 39.5 Å². The van der Waals surface area contributed by atoms with Crippen molar-refractivity contribution in [3.05, 3.63) is 179 Å². The largest absolute Gasteiger partial charge is 0.335 e. The van der Waals surface area contributed by atoms with Crippen LogP contribution in [0, 0.1) is 0 Å². The van der Waals surface area contributed by atoms with E-state index in [0.29, 0.717) is 0 Å². The van der Waals surface area contributed by atoms with Crippen LogP contribution in [0.1, 0.15) is 135 Å². The molecule has 0 bridgehead atoms. The topological polar surface area (TPSA) is 9.72 Å². The lowest BCUT2D eigenvalue weighted by Gasteiger charge is -2.54. The lowest BCUT2D eigenvalue weighted by Crippen LogP contribution is -2.64. The van der Waals surface area contributed by atoms with Gasteiger partial charge in [0.2, 0.25) is 0 Å². The zero-order valence-electron chi connectivity index (χ0n) is 42.0. The average molecular weight is 888 g/mol. The minimum atomic E-state index is -0.335. The second kappa shape index (κ2) is 13.8. The van der Waals surface area contributed by atoms with Gasteiger partial charge in [0.25, 0.3) is 6.71 Å². The maximum atomic E-state index is 2.92. The summed E-state index contributed by atoms with van der Waals surface area (Å²) in [6, 6.07) is 57.6. The molecule has 4 aliphatic heterocycles. The van der Waals surface area contributed by atoms with E-state index >= 15 is 0 Å². The van der Waals surface area contributed by atoms with Crippen molar-refractivity contribution in [2.24, 2.45) is 0 Å². The molecule has 7 aromatic rings. The number of aryl methyl sites for hydroxylation is 1. The van der Waals surface area contributed by atoms with E-state index in [1.165, 1.54) is 121 Å². The van der Waals surface area contributed by atoms with Gasteiger partial charge >= 0.3 is 0 Å². The molecule has 1 saturated carbocycles. The zero-order chi connectivity index (χ0) is 46.9. The highest BCUT2D eigenvalue weighted by molar-refractivity contribution is 7.00. The number of benzene rings is 7. The molecule has 1 fully saturated rings. The predicted molar refractivity (Wildman–Crippen MR) is 289 cm³/mol. The third-order valence-corrected chi connectivity index (χ3v) is 19.0. The van der Waals surface area contributed by atoms with Gasteiger partial charge in [-0.25, -0.2) is 0 Å². The van der Waals surface area contributed by atoms with E-state index in [4.69, 9.17) is 0 Å². The Hall–Kier alpha value is -6.00. The van der Waals surface area contributed by atoms with Crippen molar-refractivity contribution in [1.82, 2.24) is 0 Å². The van der Waals surface area contributed by atoms with Crippen LogP contribution in [0.25, 0.3) is 11.1 Å². The summed E-state index contributed by atoms with van der Waals surface area (Å²) >= 11 is 0. The van der Waals surface area contributed by atoms with Gasteiger partial charge in [0.05, 0.1) is 16.8 Å². The summed E-state index contributed by atoms with van der Waals surface area (Å²) in [5, 5.41) is 0. The summed E-state index contributed by atoms with van der Waals surface area (Å²) in [7, 11) is 0. The molecule has 2 aliphatic carbocycles. The van der Waals surface area contributed by atoms with Crippen molar-refractivity contribution < 1.29 is 0 Å². The van der Waals surface area contributed by atoms with Crippen LogP contribution in [-0.4, -0.2) is 12.3 Å². The molecule has 0 radical (unpaired) electrons. The lowest BCUT2D eigenvalue weighted by atomic mass is 9.33. The molecule has 340 valence electrons. The smallest absolute Gasteiger partial charge is 0.252 e. The maximum Gasteiger partial charge on any atom is 0.252 e. The number of rotatable bonds is 3. The van der Waals surface area contributed by atoms with Gasteiger partial charge in [-0.15, -0.1) is 0 Å². The van der Waals surface area contributed by atoms with Gasteiger partial charge in [-0.1, -0.05) is 177 Å². The van der Waals surface area contributed by atoms with Gasteiger partial charge in [-0.3, -0.25) is 0 Å². The van der Waals surface area contributed by atoms with Crippen LogP contribution in [-0.2, 0) is 33.6 Å². The van der Waals surface area contributed by atoms with E-state index < -0.39 is 0 Å². The molecule has 4 heteroatoms. The van der Waals surface area contributed by atoms with E-state index in [0.717, 1.165) is 12.8 Å². The highest BCUT2D eigenvalue weighted by atomic mass is 15.3. The first kappa shape index (κ1) is 42.1. The lowest BCUT2D eigenvalue weighted by molar-refractivity contribution is 0.195. The quantitative estimate of drug-likeness (QED) is 0.164. The Morgan fingerprint density at radius 2 is 1.15 bits per heavy atom. The number of fused-ring (bicyclic) bond motifs is 12. The van der Waals surface area contributed by atoms with Crippen LogP contribution in [0.15, 0.2) is 146 Å². The number of para-hydroxylation sites is 2. The van der Waals surface area contributed by atoms with E-state index in [9.17, 15) is 0 Å². The fraction of sp³-hybridized carbons (Fsp3) is 0.344. The highest BCUT2D eigenvalue weighted by Gasteiger charge is 2.63. The van der Waals surface area contributed by atoms with E-state index in [1.807, 2.05) is 0 Å². The molecule has 7 aromatic carbocycles. The molecule has 4 unspecified atom stereocenters. The molecule has 0 aromatic heterocycles. The van der Waals surface area contributed by atoms with Crippen molar-refractivity contribution >= 4 is 62.9 Å². The van der Waals surface area contributed by atoms with Gasteiger partial charge in [0.1, 0.15) is 0 Å². The average Bonchev–Trinajstić information content (AvgIpc) is 3.68. The molecule has 0 amide bonds. The number of hydrogen-bond acceptors (Lipinski definition) is 3. The zero-order valence-corrected chi connectivity index (χ0v) is 42.0. The number of anilines is 7.